The van der Waals surface area contributed by atoms with E-state index in [9.17, 15) is 4.79 Å². The van der Waals surface area contributed by atoms with Crippen LogP contribution in [0, 0.1) is 6.92 Å². The lowest BCUT2D eigenvalue weighted by molar-refractivity contribution is -0.131. The summed E-state index contributed by atoms with van der Waals surface area (Å²) in [6.45, 7) is 3.35. The number of fused-ring (bicyclic) bond motifs is 1. The third kappa shape index (κ3) is 1.99. The maximum atomic E-state index is 10.9. The standard InChI is InChI=1S/C13H12O2/c1-9-7-11-5-3-4-6-12(11)8-13(9)15-10(2)14/h3-8H,1-2H3. The van der Waals surface area contributed by atoms with E-state index in [2.05, 4.69) is 0 Å². The van der Waals surface area contributed by atoms with Crippen molar-refractivity contribution < 1.29 is 9.53 Å². The number of carbonyl (C=O) groups is 1. The molecule has 0 N–H and O–H groups in total. The molecule has 0 aromatic heterocycles. The first-order valence-electron chi connectivity index (χ1n) is 4.84. The second kappa shape index (κ2) is 3.73. The van der Waals surface area contributed by atoms with E-state index < -0.39 is 0 Å². The summed E-state index contributed by atoms with van der Waals surface area (Å²) in [6, 6.07) is 11.9. The second-order valence-electron chi connectivity index (χ2n) is 3.56. The first-order valence-corrected chi connectivity index (χ1v) is 4.84. The smallest absolute Gasteiger partial charge is 0.308 e. The Kier molecular flexibility index (Phi) is 2.42. The summed E-state index contributed by atoms with van der Waals surface area (Å²) in [4.78, 5) is 10.9. The fourth-order valence-corrected chi connectivity index (χ4v) is 1.60. The van der Waals surface area contributed by atoms with Crippen LogP contribution >= 0.6 is 0 Å². The van der Waals surface area contributed by atoms with Crippen LogP contribution in [0.15, 0.2) is 36.4 Å². The third-order valence-electron chi connectivity index (χ3n) is 2.30. The molecule has 2 heteroatoms. The van der Waals surface area contributed by atoms with Crippen molar-refractivity contribution in [3.63, 3.8) is 0 Å². The molecule has 15 heavy (non-hydrogen) atoms. The van der Waals surface area contributed by atoms with Crippen molar-refractivity contribution in [2.45, 2.75) is 13.8 Å². The Morgan fingerprint density at radius 2 is 1.73 bits per heavy atom. The first-order chi connectivity index (χ1) is 7.16. The highest BCUT2D eigenvalue weighted by molar-refractivity contribution is 5.85. The van der Waals surface area contributed by atoms with Gasteiger partial charge in [-0.3, -0.25) is 4.79 Å². The van der Waals surface area contributed by atoms with E-state index in [0.717, 1.165) is 16.3 Å². The summed E-state index contributed by atoms with van der Waals surface area (Å²) >= 11 is 0. The number of hydrogen-bond donors (Lipinski definition) is 0. The van der Waals surface area contributed by atoms with Gasteiger partial charge < -0.3 is 4.74 Å². The van der Waals surface area contributed by atoms with Gasteiger partial charge in [0, 0.05) is 6.92 Å². The van der Waals surface area contributed by atoms with E-state index in [1.54, 1.807) is 0 Å². The van der Waals surface area contributed by atoms with Crippen LogP contribution in [0.2, 0.25) is 0 Å². The van der Waals surface area contributed by atoms with Gasteiger partial charge in [-0.15, -0.1) is 0 Å². The Bertz CT molecular complexity index is 515. The fourth-order valence-electron chi connectivity index (χ4n) is 1.60. The lowest BCUT2D eigenvalue weighted by Gasteiger charge is -2.07. The summed E-state index contributed by atoms with van der Waals surface area (Å²) in [6.07, 6.45) is 0. The normalized spacial score (nSPS) is 10.3. The molecule has 0 radical (unpaired) electrons. The second-order valence-corrected chi connectivity index (χ2v) is 3.56. The molecule has 0 spiro atoms. The topological polar surface area (TPSA) is 26.3 Å². The van der Waals surface area contributed by atoms with E-state index >= 15 is 0 Å². The summed E-state index contributed by atoms with van der Waals surface area (Å²) in [7, 11) is 0. The SMILES string of the molecule is CC(=O)Oc1cc2ccccc2cc1C. The number of benzene rings is 2. The number of esters is 1. The summed E-state index contributed by atoms with van der Waals surface area (Å²) < 4.78 is 5.11. The maximum Gasteiger partial charge on any atom is 0.308 e. The lowest BCUT2D eigenvalue weighted by atomic mass is 10.1. The van der Waals surface area contributed by atoms with E-state index in [0.29, 0.717) is 5.75 Å². The molecular weight excluding hydrogens is 188 g/mol. The first kappa shape index (κ1) is 9.71. The molecule has 0 atom stereocenters. The van der Waals surface area contributed by atoms with Crippen molar-refractivity contribution in [2.75, 3.05) is 0 Å². The minimum absolute atomic E-state index is 0.284. The minimum Gasteiger partial charge on any atom is -0.426 e. The Morgan fingerprint density at radius 1 is 1.13 bits per heavy atom. The van der Waals surface area contributed by atoms with Crippen LogP contribution in [0.4, 0.5) is 0 Å². The van der Waals surface area contributed by atoms with Crippen molar-refractivity contribution in [2.24, 2.45) is 0 Å². The maximum absolute atomic E-state index is 10.9. The summed E-state index contributed by atoms with van der Waals surface area (Å²) in [5, 5.41) is 2.24. The molecule has 0 fully saturated rings. The number of aryl methyl sites for hydroxylation is 1. The van der Waals surface area contributed by atoms with Crippen LogP contribution in [0.1, 0.15) is 12.5 Å². The highest BCUT2D eigenvalue weighted by atomic mass is 16.5. The minimum atomic E-state index is -0.284. The van der Waals surface area contributed by atoms with Crippen molar-refractivity contribution in [3.8, 4) is 5.75 Å². The average molecular weight is 200 g/mol. The predicted octanol–water partition coefficient (Wildman–Crippen LogP) is 3.07. The van der Waals surface area contributed by atoms with Crippen LogP contribution in [0.3, 0.4) is 0 Å². The van der Waals surface area contributed by atoms with Gasteiger partial charge >= 0.3 is 5.97 Å². The summed E-state index contributed by atoms with van der Waals surface area (Å²) in [5.74, 6) is 0.356. The molecular formula is C13H12O2. The molecule has 0 aliphatic carbocycles. The molecule has 0 bridgehead atoms. The lowest BCUT2D eigenvalue weighted by Crippen LogP contribution is -2.02. The van der Waals surface area contributed by atoms with Crippen molar-refractivity contribution in [3.05, 3.63) is 42.0 Å². The van der Waals surface area contributed by atoms with E-state index in [4.69, 9.17) is 4.74 Å². The predicted molar refractivity (Wildman–Crippen MR) is 60.0 cm³/mol. The number of ether oxygens (including phenoxy) is 1. The Morgan fingerprint density at radius 3 is 2.33 bits per heavy atom. The van der Waals surface area contributed by atoms with E-state index in [-0.39, 0.29) is 5.97 Å². The van der Waals surface area contributed by atoms with Gasteiger partial charge in [-0.2, -0.15) is 0 Å². The quantitative estimate of drug-likeness (QED) is 0.522. The van der Waals surface area contributed by atoms with Gasteiger partial charge in [0.25, 0.3) is 0 Å². The number of rotatable bonds is 1. The zero-order valence-electron chi connectivity index (χ0n) is 8.78. The van der Waals surface area contributed by atoms with Crippen molar-refractivity contribution >= 4 is 16.7 Å². The van der Waals surface area contributed by atoms with Gasteiger partial charge in [0.15, 0.2) is 0 Å². The monoisotopic (exact) mass is 200 g/mol. The summed E-state index contributed by atoms with van der Waals surface area (Å²) in [5.41, 5.74) is 0.976. The molecule has 0 saturated heterocycles. The van der Waals surface area contributed by atoms with E-state index in [1.165, 1.54) is 6.92 Å². The molecule has 0 amide bonds. The highest BCUT2D eigenvalue weighted by Gasteiger charge is 2.04. The Balaban J connectivity index is 2.56. The van der Waals surface area contributed by atoms with Crippen LogP contribution in [-0.2, 0) is 4.79 Å². The van der Waals surface area contributed by atoms with Crippen molar-refractivity contribution in [1.29, 1.82) is 0 Å². The number of carbonyl (C=O) groups excluding carboxylic acids is 1. The van der Waals surface area contributed by atoms with Gasteiger partial charge in [0.05, 0.1) is 0 Å². The van der Waals surface area contributed by atoms with Gasteiger partial charge in [0.1, 0.15) is 5.75 Å². The third-order valence-corrected chi connectivity index (χ3v) is 2.30. The average Bonchev–Trinajstić information content (AvgIpc) is 2.18. The molecule has 76 valence electrons. The molecule has 0 heterocycles. The van der Waals surface area contributed by atoms with Gasteiger partial charge in [-0.05, 0) is 35.4 Å². The van der Waals surface area contributed by atoms with Gasteiger partial charge in [-0.1, -0.05) is 24.3 Å². The van der Waals surface area contributed by atoms with Crippen LogP contribution < -0.4 is 4.74 Å². The van der Waals surface area contributed by atoms with Crippen LogP contribution in [0.5, 0.6) is 5.75 Å². The Labute approximate surface area is 88.5 Å². The highest BCUT2D eigenvalue weighted by Crippen LogP contribution is 2.25. The van der Waals surface area contributed by atoms with Crippen molar-refractivity contribution in [1.82, 2.24) is 0 Å². The molecule has 2 aromatic rings. The molecule has 2 nitrogen and oxygen atoms in total. The van der Waals surface area contributed by atoms with Crippen LogP contribution in [-0.4, -0.2) is 5.97 Å². The molecule has 2 rings (SSSR count). The zero-order chi connectivity index (χ0) is 10.8. The van der Waals surface area contributed by atoms with Gasteiger partial charge in [0.2, 0.25) is 0 Å². The molecule has 0 unspecified atom stereocenters. The zero-order valence-corrected chi connectivity index (χ0v) is 8.78. The number of hydrogen-bond acceptors (Lipinski definition) is 2. The molecule has 0 aliphatic heterocycles. The Hall–Kier alpha value is -1.83. The molecule has 0 aliphatic rings. The fraction of sp³-hybridized carbons (Fsp3) is 0.154. The molecule has 0 saturated carbocycles. The van der Waals surface area contributed by atoms with Crippen LogP contribution in [0.25, 0.3) is 10.8 Å². The molecule has 2 aromatic carbocycles. The largest absolute Gasteiger partial charge is 0.426 e. The van der Waals surface area contributed by atoms with E-state index in [1.807, 2.05) is 43.3 Å². The van der Waals surface area contributed by atoms with Gasteiger partial charge in [-0.25, -0.2) is 0 Å².